The van der Waals surface area contributed by atoms with Crippen LogP contribution in [0, 0.1) is 0 Å². The van der Waals surface area contributed by atoms with Crippen LogP contribution >= 0.6 is 12.4 Å². The molecule has 0 aliphatic carbocycles. The Labute approximate surface area is 108 Å². The normalized spacial score (nSPS) is 26.2. The number of imide groups is 1. The topological polar surface area (TPSA) is 52.6 Å². The monoisotopic (exact) mass is 261 g/mol. The van der Waals surface area contributed by atoms with Crippen LogP contribution in [-0.2, 0) is 9.59 Å². The molecule has 2 amide bonds. The molecule has 0 aromatic rings. The minimum atomic E-state index is -0.00668. The molecule has 0 bridgehead atoms. The fourth-order valence-electron chi connectivity index (χ4n) is 2.32. The van der Waals surface area contributed by atoms with Gasteiger partial charge in [0.25, 0.3) is 0 Å². The molecular weight excluding hydrogens is 242 g/mol. The summed E-state index contributed by atoms with van der Waals surface area (Å²) in [6.07, 6.45) is 0.798. The third-order valence-corrected chi connectivity index (χ3v) is 3.40. The molecule has 0 aromatic carbocycles. The molecule has 2 saturated heterocycles. The Morgan fingerprint density at radius 3 is 2.47 bits per heavy atom. The largest absolute Gasteiger partial charge is 0.314 e. The number of nitrogens with one attached hydrogen (secondary N) is 1. The zero-order valence-electron chi connectivity index (χ0n) is 10.1. The van der Waals surface area contributed by atoms with Gasteiger partial charge >= 0.3 is 0 Å². The van der Waals surface area contributed by atoms with Crippen molar-refractivity contribution in [3.05, 3.63) is 0 Å². The van der Waals surface area contributed by atoms with E-state index in [0.717, 1.165) is 26.2 Å². The van der Waals surface area contributed by atoms with Gasteiger partial charge in [-0.15, -0.1) is 12.4 Å². The van der Waals surface area contributed by atoms with Gasteiger partial charge in [0.15, 0.2) is 0 Å². The van der Waals surface area contributed by atoms with Crippen molar-refractivity contribution in [3.63, 3.8) is 0 Å². The van der Waals surface area contributed by atoms with Gasteiger partial charge in [0.1, 0.15) is 0 Å². The van der Waals surface area contributed by atoms with Crippen LogP contribution in [0.4, 0.5) is 0 Å². The van der Waals surface area contributed by atoms with Gasteiger partial charge in [0.05, 0.1) is 0 Å². The molecule has 0 saturated carbocycles. The quantitative estimate of drug-likeness (QED) is 0.718. The van der Waals surface area contributed by atoms with E-state index in [0.29, 0.717) is 25.4 Å². The molecule has 98 valence electrons. The Morgan fingerprint density at radius 1 is 1.24 bits per heavy atom. The van der Waals surface area contributed by atoms with E-state index >= 15 is 0 Å². The molecule has 1 atom stereocenters. The number of nitrogens with zero attached hydrogens (tertiary/aromatic N) is 2. The summed E-state index contributed by atoms with van der Waals surface area (Å²) in [6.45, 7) is 6.51. The summed E-state index contributed by atoms with van der Waals surface area (Å²) in [4.78, 5) is 26.6. The molecule has 0 radical (unpaired) electrons. The molecule has 2 heterocycles. The minimum Gasteiger partial charge on any atom is -0.314 e. The van der Waals surface area contributed by atoms with Gasteiger partial charge in [-0.25, -0.2) is 0 Å². The highest BCUT2D eigenvalue weighted by Crippen LogP contribution is 2.12. The first-order valence-corrected chi connectivity index (χ1v) is 5.96. The van der Waals surface area contributed by atoms with Crippen molar-refractivity contribution in [1.29, 1.82) is 0 Å². The molecular formula is C11H20ClN3O2. The summed E-state index contributed by atoms with van der Waals surface area (Å²) in [5.74, 6) is -0.0134. The first-order chi connectivity index (χ1) is 7.68. The van der Waals surface area contributed by atoms with Crippen molar-refractivity contribution in [2.45, 2.75) is 25.8 Å². The number of amides is 2. The molecule has 17 heavy (non-hydrogen) atoms. The van der Waals surface area contributed by atoms with Crippen molar-refractivity contribution in [2.75, 3.05) is 32.7 Å². The van der Waals surface area contributed by atoms with Gasteiger partial charge in [-0.05, 0) is 6.92 Å². The summed E-state index contributed by atoms with van der Waals surface area (Å²) in [7, 11) is 0. The highest BCUT2D eigenvalue weighted by molar-refractivity contribution is 6.01. The average molecular weight is 262 g/mol. The molecule has 2 fully saturated rings. The summed E-state index contributed by atoms with van der Waals surface area (Å²) >= 11 is 0. The lowest BCUT2D eigenvalue weighted by molar-refractivity contribution is -0.138. The molecule has 0 spiro atoms. The third-order valence-electron chi connectivity index (χ3n) is 3.40. The number of halogens is 1. The lowest BCUT2D eigenvalue weighted by Gasteiger charge is -2.34. The van der Waals surface area contributed by atoms with Crippen LogP contribution in [0.15, 0.2) is 0 Å². The number of hydrogen-bond donors (Lipinski definition) is 1. The van der Waals surface area contributed by atoms with E-state index in [1.165, 1.54) is 4.90 Å². The van der Waals surface area contributed by atoms with E-state index in [-0.39, 0.29) is 24.2 Å². The van der Waals surface area contributed by atoms with Crippen LogP contribution in [0.3, 0.4) is 0 Å². The number of piperazine rings is 1. The van der Waals surface area contributed by atoms with Gasteiger partial charge in [-0.3, -0.25) is 19.4 Å². The Hall–Kier alpha value is -0.650. The summed E-state index contributed by atoms with van der Waals surface area (Å²) < 4.78 is 0. The highest BCUT2D eigenvalue weighted by Gasteiger charge is 2.29. The Bertz CT molecular complexity index is 282. The predicted molar refractivity (Wildman–Crippen MR) is 67.1 cm³/mol. The van der Waals surface area contributed by atoms with E-state index in [1.54, 1.807) is 0 Å². The molecule has 5 nitrogen and oxygen atoms in total. The number of hydrogen-bond acceptors (Lipinski definition) is 4. The number of rotatable bonds is 3. The van der Waals surface area contributed by atoms with Crippen LogP contribution in [0.1, 0.15) is 19.8 Å². The number of carbonyl (C=O) groups is 2. The van der Waals surface area contributed by atoms with E-state index in [9.17, 15) is 9.59 Å². The van der Waals surface area contributed by atoms with Gasteiger partial charge in [0.2, 0.25) is 11.8 Å². The molecule has 2 aliphatic heterocycles. The van der Waals surface area contributed by atoms with E-state index in [1.807, 2.05) is 0 Å². The van der Waals surface area contributed by atoms with E-state index in [2.05, 4.69) is 17.1 Å². The second-order valence-corrected chi connectivity index (χ2v) is 4.53. The fraction of sp³-hybridized carbons (Fsp3) is 0.818. The Balaban J connectivity index is 0.00000144. The van der Waals surface area contributed by atoms with Crippen LogP contribution in [-0.4, -0.2) is 60.4 Å². The van der Waals surface area contributed by atoms with Gasteiger partial charge in [-0.1, -0.05) is 0 Å². The summed E-state index contributed by atoms with van der Waals surface area (Å²) in [5, 5.41) is 3.32. The van der Waals surface area contributed by atoms with E-state index in [4.69, 9.17) is 0 Å². The molecule has 0 aromatic heterocycles. The fourth-order valence-corrected chi connectivity index (χ4v) is 2.32. The van der Waals surface area contributed by atoms with Crippen LogP contribution in [0.2, 0.25) is 0 Å². The smallest absolute Gasteiger partial charge is 0.229 e. The average Bonchev–Trinajstić information content (AvgIpc) is 2.58. The molecule has 6 heteroatoms. The maximum atomic E-state index is 11.4. The van der Waals surface area contributed by atoms with Crippen molar-refractivity contribution in [2.24, 2.45) is 0 Å². The lowest BCUT2D eigenvalue weighted by Crippen LogP contribution is -2.52. The van der Waals surface area contributed by atoms with Crippen molar-refractivity contribution < 1.29 is 9.59 Å². The predicted octanol–water partition coefficient (Wildman–Crippen LogP) is -0.149. The second kappa shape index (κ2) is 6.33. The standard InChI is InChI=1S/C11H19N3O2.ClH/c1-9-8-12-4-5-13(9)6-7-14-10(15)2-3-11(14)16;/h9,12H,2-8H2,1H3;1H. The Morgan fingerprint density at radius 2 is 1.88 bits per heavy atom. The van der Waals surface area contributed by atoms with Crippen molar-refractivity contribution in [1.82, 2.24) is 15.1 Å². The molecule has 2 aliphatic rings. The molecule has 1 N–H and O–H groups in total. The number of carbonyl (C=O) groups excluding carboxylic acids is 2. The second-order valence-electron chi connectivity index (χ2n) is 4.53. The van der Waals surface area contributed by atoms with Crippen LogP contribution in [0.25, 0.3) is 0 Å². The van der Waals surface area contributed by atoms with Gasteiger partial charge < -0.3 is 5.32 Å². The zero-order chi connectivity index (χ0) is 11.5. The zero-order valence-corrected chi connectivity index (χ0v) is 11.0. The SMILES string of the molecule is CC1CNCCN1CCN1C(=O)CCC1=O.Cl. The number of likely N-dealkylation sites (tertiary alicyclic amines) is 1. The first-order valence-electron chi connectivity index (χ1n) is 5.96. The highest BCUT2D eigenvalue weighted by atomic mass is 35.5. The van der Waals surface area contributed by atoms with Crippen LogP contribution in [0.5, 0.6) is 0 Å². The lowest BCUT2D eigenvalue weighted by atomic mass is 10.2. The third kappa shape index (κ3) is 3.40. The van der Waals surface area contributed by atoms with Crippen LogP contribution < -0.4 is 5.32 Å². The van der Waals surface area contributed by atoms with E-state index < -0.39 is 0 Å². The minimum absolute atomic E-state index is 0. The maximum Gasteiger partial charge on any atom is 0.229 e. The Kier molecular flexibility index (Phi) is 5.36. The molecule has 2 rings (SSSR count). The van der Waals surface area contributed by atoms with Crippen molar-refractivity contribution in [3.8, 4) is 0 Å². The summed E-state index contributed by atoms with van der Waals surface area (Å²) in [5.41, 5.74) is 0. The molecule has 1 unspecified atom stereocenters. The van der Waals surface area contributed by atoms with Gasteiger partial charge in [0, 0.05) is 51.6 Å². The summed E-state index contributed by atoms with van der Waals surface area (Å²) in [6, 6.07) is 0.488. The maximum absolute atomic E-state index is 11.4. The van der Waals surface area contributed by atoms with Crippen molar-refractivity contribution >= 4 is 24.2 Å². The first kappa shape index (κ1) is 14.4. The van der Waals surface area contributed by atoms with Gasteiger partial charge in [-0.2, -0.15) is 0 Å².